The molecular weight excluding hydrogens is 1550 g/mol. The van der Waals surface area contributed by atoms with E-state index in [2.05, 4.69) is 0 Å². The predicted molar refractivity (Wildman–Crippen MR) is 370 cm³/mol. The highest BCUT2D eigenvalue weighted by Crippen LogP contribution is 2.46. The number of phenolic OH excluding ortho intramolecular Hbond substituents is 5. The van der Waals surface area contributed by atoms with Gasteiger partial charge in [-0.1, -0.05) is 12.1 Å². The zero-order valence-corrected chi connectivity index (χ0v) is 59.2. The number of aromatic hydroxyl groups is 5. The molecule has 42 heteroatoms. The summed E-state index contributed by atoms with van der Waals surface area (Å²) < 4.78 is 84.9. The molecule has 42 nitrogen and oxygen atoms in total. The van der Waals surface area contributed by atoms with Gasteiger partial charge in [-0.25, -0.2) is 4.79 Å². The van der Waals surface area contributed by atoms with Crippen LogP contribution < -0.4 is 34.5 Å². The predicted octanol–water partition coefficient (Wildman–Crippen LogP) is -5.90. The Bertz CT molecular complexity index is 4680. The minimum Gasteiger partial charge on any atom is -0.508 e. The molecule has 622 valence electrons. The van der Waals surface area contributed by atoms with E-state index in [4.69, 9.17) is 70.4 Å². The smallest absolute Gasteiger partial charge is 0.400 e. The van der Waals surface area contributed by atoms with Crippen LogP contribution in [0.3, 0.4) is 0 Å². The molecule has 25 atom stereocenters. The third-order valence-corrected chi connectivity index (χ3v) is 19.1. The highest BCUT2D eigenvalue weighted by atomic mass is 16.7. The van der Waals surface area contributed by atoms with Crippen LogP contribution >= 0.6 is 0 Å². The molecule has 7 aliphatic rings. The number of aliphatic hydroxyl groups is 17. The molecule has 4 aromatic carbocycles. The molecule has 1 aromatic heterocycles. The largest absolute Gasteiger partial charge is 0.508 e. The number of benzene rings is 5. The summed E-state index contributed by atoms with van der Waals surface area (Å²) in [5, 5.41) is 233. The number of fused-ring (bicyclic) bond motifs is 2. The van der Waals surface area contributed by atoms with Gasteiger partial charge in [0.05, 0.1) is 31.6 Å². The second-order valence-electron chi connectivity index (χ2n) is 27.0. The summed E-state index contributed by atoms with van der Waals surface area (Å²) in [5.41, 5.74) is -2.43. The van der Waals surface area contributed by atoms with Gasteiger partial charge in [-0.2, -0.15) is 0 Å². The van der Waals surface area contributed by atoms with Crippen molar-refractivity contribution < 1.29 is 202 Å². The van der Waals surface area contributed by atoms with Crippen LogP contribution in [0.25, 0.3) is 51.0 Å². The van der Waals surface area contributed by atoms with Crippen molar-refractivity contribution in [3.8, 4) is 91.5 Å². The number of hydrogen-bond donors (Lipinski definition) is 22. The summed E-state index contributed by atoms with van der Waals surface area (Å²) in [5.74, 6) is -10.3. The lowest BCUT2D eigenvalue weighted by atomic mass is 9.99. The zero-order valence-electron chi connectivity index (χ0n) is 59.2. The fourth-order valence-corrected chi connectivity index (χ4v) is 12.7. The van der Waals surface area contributed by atoms with Gasteiger partial charge in [-0.3, -0.25) is 19.2 Å². The van der Waals surface area contributed by atoms with E-state index in [1.165, 1.54) is 54.6 Å². The SMILES string of the molecule is O=C(C=Cc1ccc(O)cc1)OC[C@H]1O[C@@H](Oc2cc3c(=O)cc(O[C@@H]4O[C@H](COC(=O)CCC(=O)OC[C@H]5O[C@@H](Oc6ccc(-c7oc8cc(O[C@@H]9O[C@H](CO)[C@@H](O)[C@H](O)[C@H]9O)cc(O)c8c(=[OH+])c7O[C@@H]7O[C@H](CO)[C@@H](O)[C@H](O)[C@H]7O)cc6)[C@H](O)[C@@H](O)[C@@H]5O)[C@@H](O)[C@H](O)[C@H]4O)cc-3oc2-c2cc(O)c(O)c(O)c2)[C@H](O)[C@@H](O)[C@@H]1O. The molecule has 5 saturated heterocycles. The van der Waals surface area contributed by atoms with Crippen LogP contribution in [0.4, 0.5) is 0 Å². The van der Waals surface area contributed by atoms with Gasteiger partial charge in [0.2, 0.25) is 31.5 Å². The summed E-state index contributed by atoms with van der Waals surface area (Å²) >= 11 is 0. The molecule has 23 N–H and O–H groups in total. The zero-order chi connectivity index (χ0) is 82.9. The first kappa shape index (κ1) is 84.2. The highest BCUT2D eigenvalue weighted by Gasteiger charge is 2.51. The van der Waals surface area contributed by atoms with Gasteiger partial charge in [0.1, 0.15) is 176 Å². The van der Waals surface area contributed by atoms with Gasteiger partial charge in [-0.05, 0) is 66.2 Å². The van der Waals surface area contributed by atoms with E-state index in [1.807, 2.05) is 0 Å². The third kappa shape index (κ3) is 18.2. The van der Waals surface area contributed by atoms with E-state index in [0.29, 0.717) is 5.56 Å². The van der Waals surface area contributed by atoms with Crippen LogP contribution in [-0.2, 0) is 52.3 Å². The van der Waals surface area contributed by atoms with Crippen LogP contribution in [0, 0.1) is 0 Å². The van der Waals surface area contributed by atoms with Crippen molar-refractivity contribution in [1.29, 1.82) is 0 Å². The lowest BCUT2D eigenvalue weighted by Crippen LogP contribution is -2.60. The molecule has 0 radical (unpaired) electrons. The van der Waals surface area contributed by atoms with Crippen molar-refractivity contribution in [2.75, 3.05) is 33.0 Å². The van der Waals surface area contributed by atoms with Crippen molar-refractivity contribution in [3.63, 3.8) is 0 Å². The van der Waals surface area contributed by atoms with Crippen molar-refractivity contribution in [2.45, 2.75) is 166 Å². The van der Waals surface area contributed by atoms with Gasteiger partial charge in [0.15, 0.2) is 50.9 Å². The quantitative estimate of drug-likeness (QED) is 0.00833. The first-order valence-corrected chi connectivity index (χ1v) is 35.0. The van der Waals surface area contributed by atoms with Gasteiger partial charge >= 0.3 is 23.3 Å². The summed E-state index contributed by atoms with van der Waals surface area (Å²) in [4.78, 5) is 64.4. The molecule has 0 saturated carbocycles. The number of esters is 3. The number of ether oxygens (including phenoxy) is 13. The van der Waals surface area contributed by atoms with Crippen LogP contribution in [-0.4, -0.2) is 322 Å². The van der Waals surface area contributed by atoms with Gasteiger partial charge in [-0.15, -0.1) is 0 Å². The Morgan fingerprint density at radius 3 is 1.34 bits per heavy atom. The molecule has 7 heterocycles. The number of carbonyl (C=O) groups excluding carboxylic acids is 3. The number of aliphatic hydroxyl groups excluding tert-OH is 17. The Labute approximate surface area is 644 Å². The first-order chi connectivity index (χ1) is 54.7. The topological polar surface area (TPSA) is 681 Å². The summed E-state index contributed by atoms with van der Waals surface area (Å²) in [6.45, 7) is -4.16. The van der Waals surface area contributed by atoms with Crippen LogP contribution in [0.1, 0.15) is 18.4 Å². The first-order valence-electron chi connectivity index (χ1n) is 35.0. The minimum atomic E-state index is -2.09. The molecule has 1 aliphatic carbocycles. The Morgan fingerprint density at radius 1 is 0.417 bits per heavy atom. The van der Waals surface area contributed by atoms with Gasteiger partial charge < -0.3 is 183 Å². The van der Waals surface area contributed by atoms with Crippen molar-refractivity contribution in [2.24, 2.45) is 0 Å². The highest BCUT2D eigenvalue weighted by molar-refractivity contribution is 5.88. The summed E-state index contributed by atoms with van der Waals surface area (Å²) in [7, 11) is 0. The second kappa shape index (κ2) is 35.5. The van der Waals surface area contributed by atoms with E-state index in [0.717, 1.165) is 48.5 Å². The Balaban J connectivity index is 0.670. The van der Waals surface area contributed by atoms with Crippen molar-refractivity contribution >= 4 is 35.0 Å². The maximum absolute atomic E-state index is 13.9. The number of rotatable bonds is 25. The maximum Gasteiger partial charge on any atom is 0.400 e. The molecule has 0 spiro atoms. The summed E-state index contributed by atoms with van der Waals surface area (Å²) in [6, 6.07) is 17.3. The van der Waals surface area contributed by atoms with E-state index in [-0.39, 0.29) is 39.7 Å². The lowest BCUT2D eigenvalue weighted by Gasteiger charge is -2.40. The monoisotopic (exact) mass is 1630 g/mol. The molecular formula is C73H79O42+. The van der Waals surface area contributed by atoms with E-state index in [1.54, 1.807) is 0 Å². The Kier molecular flexibility index (Phi) is 26.0. The average molecular weight is 1630 g/mol. The molecule has 0 bridgehead atoms. The minimum absolute atomic E-state index is 0.0269. The van der Waals surface area contributed by atoms with Crippen LogP contribution in [0.15, 0.2) is 111 Å². The number of hydrogen-bond acceptors (Lipinski definition) is 41. The van der Waals surface area contributed by atoms with Crippen LogP contribution in [0.5, 0.6) is 57.5 Å². The standard InChI is InChI=1S/C73H78O42/c74-20-40-50(85)56(91)61(96)70(110-40)106-31-16-34(78)48-38(18-31)108-67(68(55(48)90)115-73-65(100)57(92)51(86)41(21-75)111-73)26-4-8-29(9-5-26)104-69-62(97)58(93)52(87)42(112-69)22-102-46(82)11-12-47(83)103-23-43-53(88)59(94)63(98)71(113-43)105-30-15-33(77)32-19-39(66(107-37(32)17-30)27-13-35(79)49(84)36(80)14-27)109-72-64(99)60(95)54(89)44(114-72)24-101-45(81)10-3-25-1-6-28(76)7-2-25/h1-10,13-19,40-44,50-54,56-65,69-76,78-80,84-89,91-100H,11-12,20-24H2/p+1/t40-,41-,42-,43-,44-,50-,51-,52-,53-,54-,56+,57+,58+,59+,60+,61-,62-,63-,64-,65-,69-,70-,71-,72-,73+/m1/s1. The molecule has 5 aromatic rings. The van der Waals surface area contributed by atoms with E-state index >= 15 is 0 Å². The average Bonchev–Trinajstić information content (AvgIpc) is 0.750. The molecule has 0 amide bonds. The Hall–Kier alpha value is -10.2. The lowest BCUT2D eigenvalue weighted by molar-refractivity contribution is -0.278. The fourth-order valence-electron chi connectivity index (χ4n) is 12.7. The molecule has 12 rings (SSSR count). The normalized spacial score (nSPS) is 31.6. The maximum atomic E-state index is 13.9. The molecule has 115 heavy (non-hydrogen) atoms. The molecule has 0 unspecified atom stereocenters. The third-order valence-electron chi connectivity index (χ3n) is 19.1. The number of carbonyl (C=O) groups is 3. The molecule has 5 fully saturated rings. The van der Waals surface area contributed by atoms with Gasteiger partial charge in [0, 0.05) is 41.5 Å². The van der Waals surface area contributed by atoms with Crippen molar-refractivity contribution in [1.82, 2.24) is 0 Å². The second-order valence-corrected chi connectivity index (χ2v) is 27.0. The summed E-state index contributed by atoms with van der Waals surface area (Å²) in [6.07, 6.45) is -46.0. The van der Waals surface area contributed by atoms with Gasteiger partial charge in [0.25, 0.3) is 5.75 Å². The number of phenols is 5. The van der Waals surface area contributed by atoms with E-state index < -0.39 is 291 Å². The fraction of sp³-hybridized carbons (Fsp3) is 0.438. The van der Waals surface area contributed by atoms with Crippen LogP contribution in [0.2, 0.25) is 0 Å². The Morgan fingerprint density at radius 2 is 0.852 bits per heavy atom. The van der Waals surface area contributed by atoms with Crippen molar-refractivity contribution in [3.05, 3.63) is 118 Å². The van der Waals surface area contributed by atoms with E-state index in [9.17, 15) is 136 Å². The molecule has 6 aliphatic heterocycles.